The molecule has 2 heterocycles. The van der Waals surface area contributed by atoms with Crippen LogP contribution in [-0.2, 0) is 9.53 Å². The highest BCUT2D eigenvalue weighted by Crippen LogP contribution is 2.38. The number of carbonyl (C=O) groups excluding carboxylic acids is 3. The molecule has 0 aromatic heterocycles. The maximum absolute atomic E-state index is 13.3. The number of ether oxygens (including phenoxy) is 3. The van der Waals surface area contributed by atoms with Crippen LogP contribution in [0.3, 0.4) is 0 Å². The van der Waals surface area contributed by atoms with E-state index in [0.29, 0.717) is 61.1 Å². The average molecular weight is 504 g/mol. The van der Waals surface area contributed by atoms with Gasteiger partial charge >= 0.3 is 18.0 Å². The predicted molar refractivity (Wildman–Crippen MR) is 134 cm³/mol. The molecule has 1 aromatic rings. The average Bonchev–Trinajstić information content (AvgIpc) is 2.86. The molecule has 11 heteroatoms. The molecule has 0 unspecified atom stereocenters. The fraction of sp³-hybridized carbons (Fsp3) is 0.560. The van der Waals surface area contributed by atoms with Gasteiger partial charge in [0.15, 0.2) is 0 Å². The van der Waals surface area contributed by atoms with Gasteiger partial charge in [0.2, 0.25) is 0 Å². The summed E-state index contributed by atoms with van der Waals surface area (Å²) in [4.78, 5) is 44.1. The quantitative estimate of drug-likeness (QED) is 0.522. The molecule has 198 valence electrons. The number of amides is 4. The van der Waals surface area contributed by atoms with Crippen LogP contribution in [0.2, 0.25) is 0 Å². The summed E-state index contributed by atoms with van der Waals surface area (Å²) in [5, 5.41) is 5.77. The summed E-state index contributed by atoms with van der Waals surface area (Å²) in [6, 6.07) is 3.99. The zero-order chi connectivity index (χ0) is 26.4. The zero-order valence-electron chi connectivity index (χ0n) is 21.9. The number of benzene rings is 1. The number of urea groups is 2. The molecular weight excluding hydrogens is 466 g/mol. The van der Waals surface area contributed by atoms with Crippen LogP contribution in [0.15, 0.2) is 29.5 Å². The van der Waals surface area contributed by atoms with Gasteiger partial charge in [0.1, 0.15) is 11.5 Å². The van der Waals surface area contributed by atoms with Crippen molar-refractivity contribution in [2.45, 2.75) is 32.9 Å². The smallest absolute Gasteiger partial charge is 0.338 e. The predicted octanol–water partition coefficient (Wildman–Crippen LogP) is 1.95. The fourth-order valence-corrected chi connectivity index (χ4v) is 4.64. The molecule has 0 aliphatic carbocycles. The number of hydrogen-bond donors (Lipinski definition) is 2. The van der Waals surface area contributed by atoms with E-state index in [0.717, 1.165) is 0 Å². The van der Waals surface area contributed by atoms with Gasteiger partial charge in [0.25, 0.3) is 0 Å². The Morgan fingerprint density at radius 3 is 2.53 bits per heavy atom. The number of hydrogen-bond acceptors (Lipinski definition) is 7. The van der Waals surface area contributed by atoms with Gasteiger partial charge in [-0.15, -0.1) is 0 Å². The highest BCUT2D eigenvalue weighted by atomic mass is 16.5. The van der Waals surface area contributed by atoms with Crippen molar-refractivity contribution in [3.05, 3.63) is 35.0 Å². The Morgan fingerprint density at radius 1 is 1.17 bits per heavy atom. The van der Waals surface area contributed by atoms with Crippen LogP contribution in [-0.4, -0.2) is 99.4 Å². The highest BCUT2D eigenvalue weighted by molar-refractivity contribution is 5.95. The molecule has 2 N–H and O–H groups in total. The first-order valence-corrected chi connectivity index (χ1v) is 12.2. The molecule has 0 radical (unpaired) electrons. The summed E-state index contributed by atoms with van der Waals surface area (Å²) < 4.78 is 16.4. The third-order valence-electron chi connectivity index (χ3n) is 6.49. The molecule has 2 aliphatic heterocycles. The van der Waals surface area contributed by atoms with Gasteiger partial charge in [-0.2, -0.15) is 0 Å². The molecular formula is C25H37N5O6. The lowest BCUT2D eigenvalue weighted by Crippen LogP contribution is -2.57. The lowest BCUT2D eigenvalue weighted by atomic mass is 9.93. The largest absolute Gasteiger partial charge is 0.497 e. The summed E-state index contributed by atoms with van der Waals surface area (Å²) >= 11 is 0. The summed E-state index contributed by atoms with van der Waals surface area (Å²) in [7, 11) is 4.72. The highest BCUT2D eigenvalue weighted by Gasteiger charge is 2.39. The van der Waals surface area contributed by atoms with Crippen LogP contribution in [0.25, 0.3) is 0 Å². The lowest BCUT2D eigenvalue weighted by molar-refractivity contribution is -0.139. The number of esters is 1. The van der Waals surface area contributed by atoms with Crippen molar-refractivity contribution in [3.8, 4) is 11.5 Å². The Labute approximate surface area is 212 Å². The van der Waals surface area contributed by atoms with E-state index in [9.17, 15) is 14.4 Å². The molecule has 4 amide bonds. The molecule has 11 nitrogen and oxygen atoms in total. The minimum atomic E-state index is -0.790. The summed E-state index contributed by atoms with van der Waals surface area (Å²) in [5.41, 5.74) is 1.48. The van der Waals surface area contributed by atoms with Crippen LogP contribution in [0.4, 0.5) is 9.59 Å². The molecule has 0 spiro atoms. The van der Waals surface area contributed by atoms with Crippen LogP contribution in [0.1, 0.15) is 32.4 Å². The van der Waals surface area contributed by atoms with E-state index in [1.165, 1.54) is 12.0 Å². The van der Waals surface area contributed by atoms with Gasteiger partial charge in [-0.25, -0.2) is 14.4 Å². The number of piperazine rings is 1. The van der Waals surface area contributed by atoms with Crippen molar-refractivity contribution in [1.29, 1.82) is 0 Å². The monoisotopic (exact) mass is 503 g/mol. The van der Waals surface area contributed by atoms with Gasteiger partial charge in [-0.05, 0) is 39.0 Å². The van der Waals surface area contributed by atoms with Crippen LogP contribution >= 0.6 is 0 Å². The van der Waals surface area contributed by atoms with Crippen molar-refractivity contribution >= 4 is 18.0 Å². The summed E-state index contributed by atoms with van der Waals surface area (Å²) in [6.45, 7) is 8.46. The Balaban J connectivity index is 2.01. The maximum atomic E-state index is 13.3. The number of nitrogens with zero attached hydrogens (tertiary/aromatic N) is 3. The second kappa shape index (κ2) is 12.0. The normalized spacial score (nSPS) is 20.7. The van der Waals surface area contributed by atoms with Crippen molar-refractivity contribution in [2.24, 2.45) is 0 Å². The third-order valence-corrected chi connectivity index (χ3v) is 6.49. The van der Waals surface area contributed by atoms with Gasteiger partial charge in [-0.1, -0.05) is 0 Å². The fourth-order valence-electron chi connectivity index (χ4n) is 4.64. The first-order valence-electron chi connectivity index (χ1n) is 12.2. The second-order valence-electron chi connectivity index (χ2n) is 8.74. The molecule has 36 heavy (non-hydrogen) atoms. The Morgan fingerprint density at radius 2 is 1.92 bits per heavy atom. The van der Waals surface area contributed by atoms with Crippen LogP contribution in [0.5, 0.6) is 11.5 Å². The van der Waals surface area contributed by atoms with Crippen molar-refractivity contribution in [2.75, 3.05) is 60.6 Å². The van der Waals surface area contributed by atoms with E-state index >= 15 is 0 Å². The molecule has 2 aliphatic rings. The van der Waals surface area contributed by atoms with Gasteiger partial charge in [-0.3, -0.25) is 9.80 Å². The second-order valence-corrected chi connectivity index (χ2v) is 8.74. The minimum absolute atomic E-state index is 0.0334. The molecule has 1 fully saturated rings. The number of carbonyl (C=O) groups is 3. The topological polar surface area (TPSA) is 113 Å². The molecule has 1 saturated heterocycles. The van der Waals surface area contributed by atoms with E-state index in [1.807, 2.05) is 18.7 Å². The molecule has 3 rings (SSSR count). The van der Waals surface area contributed by atoms with E-state index < -0.39 is 12.0 Å². The zero-order valence-corrected chi connectivity index (χ0v) is 21.9. The maximum Gasteiger partial charge on any atom is 0.338 e. The standard InChI is InChI=1S/C25H37N5O6/c1-7-26-24(32)30-12-11-29(14-16(30)3)15-19-21(23(31)36-8-2)22(27-25(33)28(19)4)18-13-17(34-5)9-10-20(18)35-6/h9-10,13,16,22H,7-8,11-12,14-15H2,1-6H3,(H,26,32)(H,27,33)/t16-,22+/m0/s1. The first kappa shape index (κ1) is 27.1. The van der Waals surface area contributed by atoms with Crippen molar-refractivity contribution in [3.63, 3.8) is 0 Å². The number of likely N-dealkylation sites (N-methyl/N-ethyl adjacent to an activating group) is 1. The van der Waals surface area contributed by atoms with E-state index in [-0.39, 0.29) is 24.7 Å². The Bertz CT molecular complexity index is 1010. The SMILES string of the molecule is CCNC(=O)N1CCN(CC2=C(C(=O)OCC)[C@@H](c3cc(OC)ccc3OC)NC(=O)N2C)C[C@@H]1C. The lowest BCUT2D eigenvalue weighted by Gasteiger charge is -2.42. The molecule has 1 aromatic carbocycles. The third kappa shape index (κ3) is 5.67. The summed E-state index contributed by atoms with van der Waals surface area (Å²) in [5.74, 6) is 0.568. The number of methoxy groups -OCH3 is 2. The van der Waals surface area contributed by atoms with E-state index in [1.54, 1.807) is 39.3 Å². The van der Waals surface area contributed by atoms with Gasteiger partial charge in [0.05, 0.1) is 32.4 Å². The van der Waals surface area contributed by atoms with Crippen molar-refractivity contribution in [1.82, 2.24) is 25.3 Å². The molecule has 0 bridgehead atoms. The minimum Gasteiger partial charge on any atom is -0.497 e. The summed E-state index contributed by atoms with van der Waals surface area (Å²) in [6.07, 6.45) is 0. The molecule has 0 saturated carbocycles. The van der Waals surface area contributed by atoms with E-state index in [4.69, 9.17) is 14.2 Å². The van der Waals surface area contributed by atoms with Gasteiger partial charge < -0.3 is 29.7 Å². The molecule has 2 atom stereocenters. The number of nitrogens with one attached hydrogen (secondary N) is 2. The van der Waals surface area contributed by atoms with E-state index in [2.05, 4.69) is 15.5 Å². The van der Waals surface area contributed by atoms with Crippen molar-refractivity contribution < 1.29 is 28.6 Å². The van der Waals surface area contributed by atoms with Crippen LogP contribution in [0, 0.1) is 0 Å². The Kier molecular flexibility index (Phi) is 9.03. The Hall–Kier alpha value is -3.47. The van der Waals surface area contributed by atoms with Crippen LogP contribution < -0.4 is 20.1 Å². The first-order chi connectivity index (χ1) is 17.2. The number of rotatable bonds is 8. The van der Waals surface area contributed by atoms with Gasteiger partial charge in [0, 0.05) is 57.1 Å².